The highest BCUT2D eigenvalue weighted by Gasteiger charge is 2.18. The van der Waals surface area contributed by atoms with Gasteiger partial charge < -0.3 is 15.4 Å². The molecule has 1 aromatic rings. The van der Waals surface area contributed by atoms with Gasteiger partial charge >= 0.3 is 0 Å². The second-order valence-corrected chi connectivity index (χ2v) is 4.50. The number of hydrogen-bond donors (Lipinski definition) is 1. The van der Waals surface area contributed by atoms with E-state index in [-0.39, 0.29) is 12.1 Å². The molecule has 18 heavy (non-hydrogen) atoms. The summed E-state index contributed by atoms with van der Waals surface area (Å²) in [6.07, 6.45) is 0.478. The third-order valence-electron chi connectivity index (χ3n) is 3.15. The summed E-state index contributed by atoms with van der Waals surface area (Å²) in [6, 6.07) is 8.07. The van der Waals surface area contributed by atoms with E-state index in [9.17, 15) is 0 Å². The molecule has 0 amide bonds. The van der Waals surface area contributed by atoms with Crippen LogP contribution in [0.5, 0.6) is 5.75 Å². The molecule has 4 nitrogen and oxygen atoms in total. The van der Waals surface area contributed by atoms with Gasteiger partial charge in [-0.2, -0.15) is 5.26 Å². The van der Waals surface area contributed by atoms with Crippen LogP contribution in [-0.2, 0) is 0 Å². The SMILES string of the molecule is COc1cccc(N(C)C(C)CC#N)c1[C@H](C)N. The van der Waals surface area contributed by atoms with Crippen molar-refractivity contribution in [3.05, 3.63) is 23.8 Å². The van der Waals surface area contributed by atoms with Crippen molar-refractivity contribution in [3.8, 4) is 11.8 Å². The summed E-state index contributed by atoms with van der Waals surface area (Å²) in [5.41, 5.74) is 8.03. The van der Waals surface area contributed by atoms with E-state index in [2.05, 4.69) is 11.0 Å². The maximum absolute atomic E-state index is 8.79. The van der Waals surface area contributed by atoms with E-state index in [0.717, 1.165) is 17.0 Å². The Morgan fingerprint density at radius 1 is 1.44 bits per heavy atom. The number of nitrogens with two attached hydrogens (primary N) is 1. The summed E-state index contributed by atoms with van der Waals surface area (Å²) in [5.74, 6) is 0.790. The first kappa shape index (κ1) is 14.3. The standard InChI is InChI=1S/C14H21N3O/c1-10(8-9-15)17(3)12-6-5-7-13(18-4)14(12)11(2)16/h5-7,10-11H,8,16H2,1-4H3/t10?,11-/m0/s1. The second-order valence-electron chi connectivity index (χ2n) is 4.50. The summed E-state index contributed by atoms with van der Waals surface area (Å²) in [6.45, 7) is 3.96. The molecule has 0 spiro atoms. The van der Waals surface area contributed by atoms with E-state index in [1.54, 1.807) is 7.11 Å². The van der Waals surface area contributed by atoms with Crippen molar-refractivity contribution in [3.63, 3.8) is 0 Å². The molecule has 0 aromatic heterocycles. The molecule has 0 fully saturated rings. The molecule has 0 radical (unpaired) electrons. The van der Waals surface area contributed by atoms with Crippen LogP contribution in [0, 0.1) is 11.3 Å². The van der Waals surface area contributed by atoms with Crippen molar-refractivity contribution >= 4 is 5.69 Å². The molecule has 0 aliphatic rings. The molecule has 1 aromatic carbocycles. The molecule has 0 bridgehead atoms. The maximum atomic E-state index is 8.79. The van der Waals surface area contributed by atoms with E-state index >= 15 is 0 Å². The lowest BCUT2D eigenvalue weighted by atomic mass is 10.0. The van der Waals surface area contributed by atoms with E-state index in [0.29, 0.717) is 6.42 Å². The number of nitrogens with zero attached hydrogens (tertiary/aromatic N) is 2. The largest absolute Gasteiger partial charge is 0.496 e. The molecule has 0 aliphatic carbocycles. The zero-order valence-electron chi connectivity index (χ0n) is 11.5. The van der Waals surface area contributed by atoms with Crippen LogP contribution < -0.4 is 15.4 Å². The van der Waals surface area contributed by atoms with Crippen LogP contribution in [0.15, 0.2) is 18.2 Å². The Morgan fingerprint density at radius 2 is 2.11 bits per heavy atom. The quantitative estimate of drug-likeness (QED) is 0.868. The van der Waals surface area contributed by atoms with Crippen molar-refractivity contribution in [1.29, 1.82) is 5.26 Å². The van der Waals surface area contributed by atoms with Gasteiger partial charge in [-0.25, -0.2) is 0 Å². The Balaban J connectivity index is 3.19. The normalized spacial score (nSPS) is 13.6. The minimum atomic E-state index is -0.118. The summed E-state index contributed by atoms with van der Waals surface area (Å²) >= 11 is 0. The molecule has 0 saturated heterocycles. The predicted molar refractivity (Wildman–Crippen MR) is 73.7 cm³/mol. The van der Waals surface area contributed by atoms with Gasteiger partial charge in [0.1, 0.15) is 5.75 Å². The number of anilines is 1. The summed E-state index contributed by atoms with van der Waals surface area (Å²) in [5, 5.41) is 8.79. The average Bonchev–Trinajstić information content (AvgIpc) is 2.36. The number of ether oxygens (including phenoxy) is 1. The van der Waals surface area contributed by atoms with Crippen LogP contribution in [0.3, 0.4) is 0 Å². The smallest absolute Gasteiger partial charge is 0.125 e. The second kappa shape index (κ2) is 6.27. The van der Waals surface area contributed by atoms with E-state index in [1.165, 1.54) is 0 Å². The molecule has 0 heterocycles. The first-order chi connectivity index (χ1) is 8.52. The van der Waals surface area contributed by atoms with Gasteiger partial charge in [0.25, 0.3) is 0 Å². The molecule has 98 valence electrons. The molecule has 2 N–H and O–H groups in total. The number of methoxy groups -OCH3 is 1. The van der Waals surface area contributed by atoms with Crippen molar-refractivity contribution in [2.45, 2.75) is 32.4 Å². The summed E-state index contributed by atoms with van der Waals surface area (Å²) < 4.78 is 5.37. The van der Waals surface area contributed by atoms with Crippen LogP contribution in [0.25, 0.3) is 0 Å². The highest BCUT2D eigenvalue weighted by Crippen LogP contribution is 2.34. The van der Waals surface area contributed by atoms with Crippen molar-refractivity contribution in [2.75, 3.05) is 19.1 Å². The highest BCUT2D eigenvalue weighted by molar-refractivity contribution is 5.60. The van der Waals surface area contributed by atoms with Gasteiger partial charge in [-0.1, -0.05) is 6.07 Å². The van der Waals surface area contributed by atoms with Gasteiger partial charge in [-0.3, -0.25) is 0 Å². The Morgan fingerprint density at radius 3 is 2.61 bits per heavy atom. The Labute approximate surface area is 109 Å². The molecule has 0 saturated carbocycles. The Kier molecular flexibility index (Phi) is 4.99. The molecular weight excluding hydrogens is 226 g/mol. The first-order valence-corrected chi connectivity index (χ1v) is 6.05. The van der Waals surface area contributed by atoms with E-state index < -0.39 is 0 Å². The summed E-state index contributed by atoms with van der Waals surface area (Å²) in [7, 11) is 3.62. The third kappa shape index (κ3) is 2.93. The first-order valence-electron chi connectivity index (χ1n) is 6.05. The van der Waals surface area contributed by atoms with Crippen molar-refractivity contribution in [2.24, 2.45) is 5.73 Å². The lowest BCUT2D eigenvalue weighted by molar-refractivity contribution is 0.407. The van der Waals surface area contributed by atoms with Gasteiger partial charge in [-0.05, 0) is 26.0 Å². The lowest BCUT2D eigenvalue weighted by Gasteiger charge is -2.29. The van der Waals surface area contributed by atoms with Gasteiger partial charge in [0.2, 0.25) is 0 Å². The lowest BCUT2D eigenvalue weighted by Crippen LogP contribution is -2.30. The van der Waals surface area contributed by atoms with Crippen LogP contribution in [-0.4, -0.2) is 20.2 Å². The van der Waals surface area contributed by atoms with Gasteiger partial charge in [0.15, 0.2) is 0 Å². The van der Waals surface area contributed by atoms with Gasteiger partial charge in [0.05, 0.1) is 19.6 Å². The number of rotatable bonds is 5. The van der Waals surface area contributed by atoms with Crippen LogP contribution in [0.1, 0.15) is 31.9 Å². The van der Waals surface area contributed by atoms with Crippen molar-refractivity contribution < 1.29 is 4.74 Å². The van der Waals surface area contributed by atoms with Crippen LogP contribution in [0.2, 0.25) is 0 Å². The number of benzene rings is 1. The van der Waals surface area contributed by atoms with Gasteiger partial charge in [0, 0.05) is 30.4 Å². The fourth-order valence-corrected chi connectivity index (χ4v) is 1.98. The fourth-order valence-electron chi connectivity index (χ4n) is 1.98. The van der Waals surface area contributed by atoms with Crippen LogP contribution in [0.4, 0.5) is 5.69 Å². The summed E-state index contributed by atoms with van der Waals surface area (Å²) in [4.78, 5) is 2.07. The fraction of sp³-hybridized carbons (Fsp3) is 0.500. The molecule has 1 rings (SSSR count). The number of hydrogen-bond acceptors (Lipinski definition) is 4. The topological polar surface area (TPSA) is 62.3 Å². The monoisotopic (exact) mass is 247 g/mol. The van der Waals surface area contributed by atoms with Gasteiger partial charge in [-0.15, -0.1) is 0 Å². The maximum Gasteiger partial charge on any atom is 0.125 e. The van der Waals surface area contributed by atoms with E-state index in [4.69, 9.17) is 15.7 Å². The third-order valence-corrected chi connectivity index (χ3v) is 3.15. The number of nitriles is 1. The van der Waals surface area contributed by atoms with Crippen molar-refractivity contribution in [1.82, 2.24) is 0 Å². The zero-order valence-corrected chi connectivity index (χ0v) is 11.5. The molecule has 2 atom stereocenters. The molecule has 4 heteroatoms. The average molecular weight is 247 g/mol. The zero-order chi connectivity index (χ0) is 13.7. The van der Waals surface area contributed by atoms with E-state index in [1.807, 2.05) is 39.1 Å². The molecule has 0 aliphatic heterocycles. The molecule has 1 unspecified atom stereocenters. The molecular formula is C14H21N3O. The minimum Gasteiger partial charge on any atom is -0.496 e. The predicted octanol–water partition coefficient (Wildman–Crippen LogP) is 2.45. The highest BCUT2D eigenvalue weighted by atomic mass is 16.5. The Hall–Kier alpha value is -1.73. The minimum absolute atomic E-state index is 0.118. The van der Waals surface area contributed by atoms with Crippen LogP contribution >= 0.6 is 0 Å². The Bertz CT molecular complexity index is 437.